The number of likely N-dealkylation sites (N-methyl/N-ethyl adjacent to an activating group) is 2. The third-order valence-electron chi connectivity index (χ3n) is 5.87. The molecule has 148 valence electrons. The zero-order valence-corrected chi connectivity index (χ0v) is 18.5. The van der Waals surface area contributed by atoms with Gasteiger partial charge in [0.05, 0.1) is 9.98 Å². The molecule has 0 N–H and O–H groups in total. The molecule has 2 nitrogen and oxygen atoms in total. The molecular weight excluding hydrogens is 380 g/mol. The molecule has 0 bridgehead atoms. The van der Waals surface area contributed by atoms with Gasteiger partial charge >= 0.3 is 0 Å². The summed E-state index contributed by atoms with van der Waals surface area (Å²) < 4.78 is 0. The Balaban J connectivity index is 1.66. The lowest BCUT2D eigenvalue weighted by atomic mass is 9.88. The quantitative estimate of drug-likeness (QED) is 0.596. The van der Waals surface area contributed by atoms with Crippen molar-refractivity contribution >= 4 is 34.4 Å². The number of thiocarbonyl (C=S) groups is 2. The highest BCUT2D eigenvalue weighted by atomic mass is 32.1. The van der Waals surface area contributed by atoms with Gasteiger partial charge in [-0.3, -0.25) is 0 Å². The van der Waals surface area contributed by atoms with Crippen LogP contribution in [0.3, 0.4) is 0 Å². The fourth-order valence-electron chi connectivity index (χ4n) is 4.16. The van der Waals surface area contributed by atoms with Crippen LogP contribution in [0, 0.1) is 0 Å². The predicted molar refractivity (Wildman–Crippen MR) is 127 cm³/mol. The van der Waals surface area contributed by atoms with Crippen LogP contribution in [0.15, 0.2) is 60.7 Å². The van der Waals surface area contributed by atoms with Gasteiger partial charge in [0.25, 0.3) is 0 Å². The van der Waals surface area contributed by atoms with Gasteiger partial charge in [-0.15, -0.1) is 0 Å². The van der Waals surface area contributed by atoms with Gasteiger partial charge < -0.3 is 9.80 Å². The van der Waals surface area contributed by atoms with Gasteiger partial charge in [0.1, 0.15) is 0 Å². The first-order chi connectivity index (χ1) is 13.6. The lowest BCUT2D eigenvalue weighted by molar-refractivity contribution is 0.162. The maximum absolute atomic E-state index is 5.82. The van der Waals surface area contributed by atoms with Crippen LogP contribution in [0.5, 0.6) is 0 Å². The number of hydrogen-bond donors (Lipinski definition) is 0. The smallest absolute Gasteiger partial charge is 0.0824 e. The molecule has 0 saturated heterocycles. The molecule has 2 atom stereocenters. The Morgan fingerprint density at radius 1 is 0.714 bits per heavy atom. The zero-order chi connectivity index (χ0) is 19.9. The number of nitrogens with zero attached hydrogens (tertiary/aromatic N) is 2. The first-order valence-corrected chi connectivity index (χ1v) is 11.0. The highest BCUT2D eigenvalue weighted by molar-refractivity contribution is 7.80. The normalized spacial score (nSPS) is 19.1. The van der Waals surface area contributed by atoms with E-state index < -0.39 is 0 Å². The van der Waals surface area contributed by atoms with Crippen molar-refractivity contribution in [1.29, 1.82) is 0 Å². The number of hydrogen-bond acceptors (Lipinski definition) is 2. The molecule has 0 heterocycles. The van der Waals surface area contributed by atoms with Crippen molar-refractivity contribution in [2.24, 2.45) is 0 Å². The summed E-state index contributed by atoms with van der Waals surface area (Å²) in [5.41, 5.74) is 2.55. The topological polar surface area (TPSA) is 6.48 Å². The minimum atomic E-state index is 0.420. The molecule has 3 rings (SSSR count). The summed E-state index contributed by atoms with van der Waals surface area (Å²) in [6.45, 7) is 0. The molecule has 28 heavy (non-hydrogen) atoms. The average molecular weight is 411 g/mol. The molecule has 0 spiro atoms. The molecule has 0 radical (unpaired) electrons. The van der Waals surface area contributed by atoms with E-state index in [0.717, 1.165) is 22.8 Å². The minimum absolute atomic E-state index is 0.420. The SMILES string of the molecule is CN(C(=S)Cc1ccccc1)C1CCCCC1N(C)C(=S)Cc1ccccc1. The summed E-state index contributed by atoms with van der Waals surface area (Å²) in [6, 6.07) is 21.9. The Bertz CT molecular complexity index is 708. The van der Waals surface area contributed by atoms with Crippen LogP contribution in [0.1, 0.15) is 36.8 Å². The minimum Gasteiger partial charge on any atom is -0.364 e. The van der Waals surface area contributed by atoms with Gasteiger partial charge in [0.2, 0.25) is 0 Å². The van der Waals surface area contributed by atoms with Gasteiger partial charge in [-0.2, -0.15) is 0 Å². The summed E-state index contributed by atoms with van der Waals surface area (Å²) in [4.78, 5) is 6.72. The van der Waals surface area contributed by atoms with E-state index in [-0.39, 0.29) is 0 Å². The maximum atomic E-state index is 5.82. The fraction of sp³-hybridized carbons (Fsp3) is 0.417. The van der Waals surface area contributed by atoms with E-state index in [2.05, 4.69) is 84.6 Å². The van der Waals surface area contributed by atoms with E-state index in [1.807, 2.05) is 0 Å². The molecule has 1 aliphatic rings. The Morgan fingerprint density at radius 2 is 1.07 bits per heavy atom. The number of benzene rings is 2. The van der Waals surface area contributed by atoms with E-state index in [1.165, 1.54) is 36.8 Å². The van der Waals surface area contributed by atoms with Crippen LogP contribution in [0.25, 0.3) is 0 Å². The van der Waals surface area contributed by atoms with Crippen molar-refractivity contribution in [2.75, 3.05) is 14.1 Å². The maximum Gasteiger partial charge on any atom is 0.0824 e. The second-order valence-electron chi connectivity index (χ2n) is 7.75. The Hall–Kier alpha value is -1.78. The molecule has 4 heteroatoms. The summed E-state index contributed by atoms with van der Waals surface area (Å²) in [5.74, 6) is 0. The van der Waals surface area contributed by atoms with Crippen molar-refractivity contribution in [2.45, 2.75) is 50.6 Å². The van der Waals surface area contributed by atoms with Crippen LogP contribution in [0.2, 0.25) is 0 Å². The molecule has 2 unspecified atom stereocenters. The van der Waals surface area contributed by atoms with Crippen LogP contribution in [0.4, 0.5) is 0 Å². The van der Waals surface area contributed by atoms with Crippen LogP contribution < -0.4 is 0 Å². The fourth-order valence-corrected chi connectivity index (χ4v) is 4.76. The monoisotopic (exact) mass is 410 g/mol. The second-order valence-corrected chi connectivity index (χ2v) is 8.70. The van der Waals surface area contributed by atoms with Gasteiger partial charge in [0, 0.05) is 39.0 Å². The first kappa shape index (κ1) is 20.9. The van der Waals surface area contributed by atoms with E-state index in [1.54, 1.807) is 0 Å². The highest BCUT2D eigenvalue weighted by Gasteiger charge is 2.33. The zero-order valence-electron chi connectivity index (χ0n) is 16.9. The largest absolute Gasteiger partial charge is 0.364 e. The lowest BCUT2D eigenvalue weighted by Gasteiger charge is -2.44. The van der Waals surface area contributed by atoms with Crippen molar-refractivity contribution in [3.63, 3.8) is 0 Å². The lowest BCUT2D eigenvalue weighted by Crippen LogP contribution is -2.54. The van der Waals surface area contributed by atoms with Crippen LogP contribution in [-0.4, -0.2) is 46.0 Å². The Labute approximate surface area is 180 Å². The standard InChI is InChI=1S/C24H30N2S2/c1-25(23(27)17-19-11-5-3-6-12-19)21-15-9-10-16-22(21)26(2)24(28)18-20-13-7-4-8-14-20/h3-8,11-14,21-22H,9-10,15-18H2,1-2H3. The first-order valence-electron chi connectivity index (χ1n) is 10.2. The van der Waals surface area contributed by atoms with Crippen molar-refractivity contribution < 1.29 is 0 Å². The van der Waals surface area contributed by atoms with Gasteiger partial charge in [-0.1, -0.05) is 97.9 Å². The summed E-state index contributed by atoms with van der Waals surface area (Å²) in [5, 5.41) is 0. The molecule has 1 aliphatic carbocycles. The summed E-state index contributed by atoms with van der Waals surface area (Å²) in [7, 11) is 4.34. The number of rotatable bonds is 6. The second kappa shape index (κ2) is 10.1. The molecule has 0 amide bonds. The molecule has 0 aliphatic heterocycles. The molecule has 2 aromatic rings. The van der Waals surface area contributed by atoms with Gasteiger partial charge in [-0.25, -0.2) is 0 Å². The molecular formula is C24H30N2S2. The van der Waals surface area contributed by atoms with Crippen molar-refractivity contribution in [3.8, 4) is 0 Å². The van der Waals surface area contributed by atoms with Crippen molar-refractivity contribution in [1.82, 2.24) is 9.80 Å². The molecule has 0 aromatic heterocycles. The van der Waals surface area contributed by atoms with E-state index in [4.69, 9.17) is 24.4 Å². The third-order valence-corrected chi connectivity index (χ3v) is 6.74. The third kappa shape index (κ3) is 5.39. The summed E-state index contributed by atoms with van der Waals surface area (Å²) >= 11 is 11.6. The van der Waals surface area contributed by atoms with Crippen LogP contribution >= 0.6 is 24.4 Å². The molecule has 2 aromatic carbocycles. The van der Waals surface area contributed by atoms with E-state index in [0.29, 0.717) is 12.1 Å². The van der Waals surface area contributed by atoms with Gasteiger partial charge in [0.15, 0.2) is 0 Å². The summed E-state index contributed by atoms with van der Waals surface area (Å²) in [6.07, 6.45) is 6.53. The van der Waals surface area contributed by atoms with E-state index >= 15 is 0 Å². The average Bonchev–Trinajstić information content (AvgIpc) is 2.74. The van der Waals surface area contributed by atoms with Gasteiger partial charge in [-0.05, 0) is 24.0 Å². The Morgan fingerprint density at radius 3 is 1.43 bits per heavy atom. The Kier molecular flexibility index (Phi) is 7.57. The molecule has 1 saturated carbocycles. The molecule has 1 fully saturated rings. The van der Waals surface area contributed by atoms with E-state index in [9.17, 15) is 0 Å². The van der Waals surface area contributed by atoms with Crippen LogP contribution in [-0.2, 0) is 12.8 Å². The predicted octanol–water partition coefficient (Wildman–Crippen LogP) is 5.30. The highest BCUT2D eigenvalue weighted by Crippen LogP contribution is 2.27. The van der Waals surface area contributed by atoms with Crippen molar-refractivity contribution in [3.05, 3.63) is 71.8 Å².